The van der Waals surface area contributed by atoms with Gasteiger partial charge >= 0.3 is 64.5 Å². The first kappa shape index (κ1) is 85.6. The standard InChI is InChI=1S/C18H19ClN6O5S.C15H20N4O5S.2C11H12N4O5S.C7H8ClNO/c1-10-14(30-31(4,27)28)9-21-16(23-10)13-8-22-25(3)17(13)24-18(26)29-11(2)12-6-5-7-20-15(12)19;1-9-11(24-25(6,21)22)8-16-13(18-9)10-7-17-19(5)12(10)14(20)23-15(2,3)4;2*1-6-8(20-21(3,18)19)5-12-10(14-6)7-4-13-15(2)9(7)11(16)17;1-5(10)6-3-2-4-9-7(6)8/h5-9,11H,1-4H3,(H,24,26);7-8H,1-6H3;2*4-5H,1-3H3,(H,16,17);2-5,10H,1H3/t11-;;;;5-/m1...1/s1. The maximum absolute atomic E-state index is 12.5. The number of aliphatic hydroxyl groups is 1. The summed E-state index contributed by atoms with van der Waals surface area (Å²) < 4.78 is 125. The molecule has 10 heterocycles. The number of aryl methyl sites for hydroxylation is 8. The second-order valence-electron chi connectivity index (χ2n) is 23.6. The van der Waals surface area contributed by atoms with E-state index in [0.717, 1.165) is 25.0 Å². The maximum atomic E-state index is 12.5. The number of carboxylic acid groups (broad SMARTS) is 2. The molecule has 0 radical (unpaired) electrons. The number of aromatic carboxylic acids is 2. The summed E-state index contributed by atoms with van der Waals surface area (Å²) in [5, 5.41) is 46.5. The number of pyridine rings is 2. The third kappa shape index (κ3) is 24.6. The first-order chi connectivity index (χ1) is 50.0. The van der Waals surface area contributed by atoms with E-state index in [1.54, 1.807) is 93.0 Å². The second kappa shape index (κ2) is 35.4. The normalized spacial score (nSPS) is 12.0. The highest BCUT2D eigenvalue weighted by Crippen LogP contribution is 2.32. The van der Waals surface area contributed by atoms with E-state index >= 15 is 0 Å². The van der Waals surface area contributed by atoms with Crippen LogP contribution in [0.1, 0.15) is 112 Å². The van der Waals surface area contributed by atoms with Crippen LogP contribution in [0.5, 0.6) is 23.0 Å². The summed E-state index contributed by atoms with van der Waals surface area (Å²) in [5.41, 5.74) is 3.04. The predicted molar refractivity (Wildman–Crippen MR) is 385 cm³/mol. The van der Waals surface area contributed by atoms with Crippen LogP contribution in [0.15, 0.2) is 86.2 Å². The van der Waals surface area contributed by atoms with E-state index in [1.807, 2.05) is 0 Å². The zero-order chi connectivity index (χ0) is 80.9. The largest absolute Gasteiger partial charge is 0.477 e. The van der Waals surface area contributed by atoms with E-state index in [0.29, 0.717) is 38.8 Å². The molecule has 0 aliphatic rings. The van der Waals surface area contributed by atoms with Crippen molar-refractivity contribution in [2.24, 2.45) is 28.2 Å². The van der Waals surface area contributed by atoms with Gasteiger partial charge < -0.3 is 41.5 Å². The van der Waals surface area contributed by atoms with Crippen molar-refractivity contribution in [2.75, 3.05) is 30.3 Å². The van der Waals surface area contributed by atoms with Crippen molar-refractivity contribution in [3.63, 3.8) is 0 Å². The summed E-state index contributed by atoms with van der Waals surface area (Å²) in [6.45, 7) is 14.8. The van der Waals surface area contributed by atoms with E-state index in [2.05, 4.69) is 75.6 Å². The number of rotatable bonds is 19. The molecular formula is C62H71Cl2N19O21S4. The molecule has 2 atom stereocenters. The van der Waals surface area contributed by atoms with Crippen molar-refractivity contribution in [1.82, 2.24) is 89.0 Å². The molecule has 0 aliphatic heterocycles. The lowest BCUT2D eigenvalue weighted by Gasteiger charge is -2.19. The summed E-state index contributed by atoms with van der Waals surface area (Å²) in [5.74, 6) is -1.92. The summed E-state index contributed by atoms with van der Waals surface area (Å²) in [6, 6.07) is 6.89. The minimum absolute atomic E-state index is 0.00577. The molecule has 108 heavy (non-hydrogen) atoms. The Morgan fingerprint density at radius 3 is 1.07 bits per heavy atom. The maximum Gasteiger partial charge on any atom is 0.413 e. The highest BCUT2D eigenvalue weighted by atomic mass is 35.5. The number of hydrogen-bond donors (Lipinski definition) is 4. The Morgan fingerprint density at radius 2 is 0.778 bits per heavy atom. The fourth-order valence-corrected chi connectivity index (χ4v) is 11.2. The van der Waals surface area contributed by atoms with Gasteiger partial charge in [-0.05, 0) is 74.4 Å². The van der Waals surface area contributed by atoms with Crippen LogP contribution >= 0.6 is 23.2 Å². The van der Waals surface area contributed by atoms with Crippen LogP contribution < -0.4 is 22.0 Å². The fraction of sp³-hybridized carbons (Fsp3) is 0.323. The molecule has 0 saturated carbocycles. The molecule has 578 valence electrons. The number of amides is 1. The van der Waals surface area contributed by atoms with Gasteiger partial charge in [0.05, 0.1) is 126 Å². The van der Waals surface area contributed by atoms with Gasteiger partial charge in [-0.2, -0.15) is 54.1 Å². The number of nitrogens with one attached hydrogen (secondary N) is 1. The van der Waals surface area contributed by atoms with E-state index in [1.165, 1.54) is 102 Å². The number of carbonyl (C=O) groups is 4. The summed E-state index contributed by atoms with van der Waals surface area (Å²) in [4.78, 5) is 87.7. The Kier molecular flexibility index (Phi) is 28.1. The van der Waals surface area contributed by atoms with Gasteiger partial charge in [-0.25, -0.2) is 69.0 Å². The third-order valence-corrected chi connectivity index (χ3v) is 15.9. The SMILES string of the molecule is C[C@@H](O)c1cccnc1Cl.Cc1nc(-c2cnn(C)c2C(=O)O)ncc1OS(C)(=O)=O.Cc1nc(-c2cnn(C)c2C(=O)O)ncc1OS(C)(=O)=O.Cc1nc(-c2cnn(C)c2C(=O)OC(C)(C)C)ncc1OS(C)(=O)=O.Cc1nc(-c2cnn(C)c2NC(=O)O[C@H](C)c2cccnc2Cl)ncc1OS(C)(=O)=O. The minimum Gasteiger partial charge on any atom is -0.477 e. The van der Waals surface area contributed by atoms with Crippen molar-refractivity contribution in [3.8, 4) is 68.5 Å². The molecule has 0 bridgehead atoms. The number of anilines is 1. The van der Waals surface area contributed by atoms with Gasteiger partial charge in [-0.1, -0.05) is 35.3 Å². The van der Waals surface area contributed by atoms with Crippen molar-refractivity contribution >= 4 is 93.5 Å². The highest BCUT2D eigenvalue weighted by Gasteiger charge is 2.28. The van der Waals surface area contributed by atoms with Crippen LogP contribution in [0.25, 0.3) is 45.6 Å². The van der Waals surface area contributed by atoms with Crippen LogP contribution in [-0.4, -0.2) is 193 Å². The van der Waals surface area contributed by atoms with Crippen LogP contribution in [0.2, 0.25) is 10.3 Å². The Labute approximate surface area is 628 Å². The molecule has 0 spiro atoms. The summed E-state index contributed by atoms with van der Waals surface area (Å²) in [6.07, 6.45) is 15.3. The monoisotopic (exact) mass is 1620 g/mol. The molecular weight excluding hydrogens is 1550 g/mol. The molecule has 0 aliphatic carbocycles. The average molecular weight is 1620 g/mol. The zero-order valence-corrected chi connectivity index (χ0v) is 65.1. The van der Waals surface area contributed by atoms with Crippen molar-refractivity contribution in [2.45, 2.75) is 80.1 Å². The minimum atomic E-state index is -3.72. The second-order valence-corrected chi connectivity index (χ2v) is 30.6. The molecule has 1 amide bonds. The zero-order valence-electron chi connectivity index (χ0n) is 60.4. The summed E-state index contributed by atoms with van der Waals surface area (Å²) >= 11 is 11.7. The number of aliphatic hydroxyl groups excluding tert-OH is 1. The van der Waals surface area contributed by atoms with Gasteiger partial charge in [0.25, 0.3) is 0 Å². The lowest BCUT2D eigenvalue weighted by atomic mass is 10.2. The number of ether oxygens (including phenoxy) is 2. The molecule has 4 N–H and O–H groups in total. The number of aromatic nitrogens is 18. The molecule has 0 saturated heterocycles. The Bertz CT molecular complexity index is 5340. The topological polar surface area (TPSA) is 533 Å². The third-order valence-electron chi connectivity index (χ3n) is 13.4. The number of hydrogen-bond acceptors (Lipinski definition) is 33. The molecule has 0 aromatic carbocycles. The molecule has 10 rings (SSSR count). The molecule has 40 nitrogen and oxygen atoms in total. The number of nitrogens with zero attached hydrogens (tertiary/aromatic N) is 18. The van der Waals surface area contributed by atoms with Crippen molar-refractivity contribution in [1.29, 1.82) is 0 Å². The van der Waals surface area contributed by atoms with Crippen molar-refractivity contribution in [3.05, 3.63) is 148 Å². The average Bonchev–Trinajstić information content (AvgIpc) is 1.57. The summed E-state index contributed by atoms with van der Waals surface area (Å²) in [7, 11) is -8.57. The highest BCUT2D eigenvalue weighted by molar-refractivity contribution is 7.87. The van der Waals surface area contributed by atoms with Gasteiger partial charge in [0.2, 0.25) is 0 Å². The molecule has 46 heteroatoms. The van der Waals surface area contributed by atoms with Gasteiger partial charge in [-0.15, -0.1) is 0 Å². The van der Waals surface area contributed by atoms with Gasteiger partial charge in [0, 0.05) is 51.7 Å². The number of carboxylic acids is 2. The molecule has 0 unspecified atom stereocenters. The smallest absolute Gasteiger partial charge is 0.413 e. The van der Waals surface area contributed by atoms with Gasteiger partial charge in [0.1, 0.15) is 27.8 Å². The molecule has 10 aromatic rings. The lowest BCUT2D eigenvalue weighted by molar-refractivity contribution is 0.00575. The fourth-order valence-electron chi connectivity index (χ4n) is 8.71. The predicted octanol–water partition coefficient (Wildman–Crippen LogP) is 6.59. The number of halogens is 2. The van der Waals surface area contributed by atoms with Gasteiger partial charge in [0.15, 0.2) is 63.4 Å². The van der Waals surface area contributed by atoms with E-state index in [-0.39, 0.29) is 96.9 Å². The van der Waals surface area contributed by atoms with E-state index < -0.39 is 82.3 Å². The quantitative estimate of drug-likeness (QED) is 0.0376. The van der Waals surface area contributed by atoms with Crippen LogP contribution in [0.4, 0.5) is 10.6 Å². The number of carbonyl (C=O) groups excluding carboxylic acids is 2. The van der Waals surface area contributed by atoms with Crippen LogP contribution in [0, 0.1) is 27.7 Å². The van der Waals surface area contributed by atoms with E-state index in [9.17, 15) is 52.8 Å². The Hall–Kier alpha value is -11.3. The van der Waals surface area contributed by atoms with Gasteiger partial charge in [-0.3, -0.25) is 24.0 Å². The Balaban J connectivity index is 0.000000218. The number of esters is 1. The first-order valence-electron chi connectivity index (χ1n) is 30.6. The van der Waals surface area contributed by atoms with E-state index in [4.69, 9.17) is 64.7 Å². The van der Waals surface area contributed by atoms with Crippen LogP contribution in [-0.2, 0) is 78.1 Å². The van der Waals surface area contributed by atoms with Crippen LogP contribution in [0.3, 0.4) is 0 Å². The first-order valence-corrected chi connectivity index (χ1v) is 38.6. The Morgan fingerprint density at radius 1 is 0.472 bits per heavy atom. The molecule has 10 aromatic heterocycles. The van der Waals surface area contributed by atoms with Crippen molar-refractivity contribution < 1.29 is 94.4 Å². The lowest BCUT2D eigenvalue weighted by Crippen LogP contribution is -2.25. The molecule has 0 fully saturated rings.